The largest absolute Gasteiger partial charge is 0.456 e. The molecule has 3 heterocycles. The Morgan fingerprint density at radius 1 is 1.36 bits per heavy atom. The first-order chi connectivity index (χ1) is 15.8. The lowest BCUT2D eigenvalue weighted by molar-refractivity contribution is -0.384. The maximum atomic E-state index is 13.1. The summed E-state index contributed by atoms with van der Waals surface area (Å²) in [5.41, 5.74) is 1.75. The van der Waals surface area contributed by atoms with Crippen LogP contribution in [0, 0.1) is 22.0 Å². The van der Waals surface area contributed by atoms with Crippen molar-refractivity contribution in [2.24, 2.45) is 11.8 Å². The number of rotatable bonds is 9. The summed E-state index contributed by atoms with van der Waals surface area (Å²) in [5, 5.41) is 27.7. The van der Waals surface area contributed by atoms with E-state index in [1.807, 2.05) is 13.0 Å². The lowest BCUT2D eigenvalue weighted by atomic mass is 9.79. The molecule has 0 bridgehead atoms. The minimum atomic E-state index is -0.812. The molecule has 0 radical (unpaired) electrons. The standard InChI is InChI=1S/C22H24N4O6S/c1-12-18-17(13(2)27)21(28)25(18)19(20(12)33-10-8-15-7-9-23-24-15)22(29)32-11-14-3-5-16(6-4-14)26(30)31/h3-7,9,12-13,17-18,27H,8,10-11H2,1-2H3,(H,23,24)/t12-,13-,17-,18-/m1/s1. The zero-order valence-corrected chi connectivity index (χ0v) is 18.9. The molecule has 1 saturated heterocycles. The number of aromatic amines is 1. The van der Waals surface area contributed by atoms with Crippen LogP contribution in [0.4, 0.5) is 5.69 Å². The van der Waals surface area contributed by atoms with Crippen LogP contribution >= 0.6 is 11.8 Å². The summed E-state index contributed by atoms with van der Waals surface area (Å²) in [6.07, 6.45) is 1.58. The van der Waals surface area contributed by atoms with Crippen molar-refractivity contribution in [1.82, 2.24) is 15.1 Å². The Morgan fingerprint density at radius 2 is 2.09 bits per heavy atom. The lowest BCUT2D eigenvalue weighted by Crippen LogP contribution is -2.63. The van der Waals surface area contributed by atoms with Crippen LogP contribution in [-0.2, 0) is 27.4 Å². The molecule has 11 heteroatoms. The zero-order chi connectivity index (χ0) is 23.7. The second-order valence-corrected chi connectivity index (χ2v) is 9.28. The van der Waals surface area contributed by atoms with Crippen molar-refractivity contribution < 1.29 is 24.4 Å². The van der Waals surface area contributed by atoms with Gasteiger partial charge in [-0.1, -0.05) is 6.92 Å². The van der Waals surface area contributed by atoms with E-state index in [1.54, 1.807) is 13.1 Å². The van der Waals surface area contributed by atoms with E-state index < -0.39 is 22.9 Å². The summed E-state index contributed by atoms with van der Waals surface area (Å²) < 4.78 is 5.49. The summed E-state index contributed by atoms with van der Waals surface area (Å²) in [7, 11) is 0. The number of fused-ring (bicyclic) bond motifs is 1. The summed E-state index contributed by atoms with van der Waals surface area (Å²) in [6, 6.07) is 7.34. The number of β-lactam (4-membered cyclic amide) rings is 1. The third-order valence-corrected chi connectivity index (χ3v) is 7.29. The number of nitrogens with zero attached hydrogens (tertiary/aromatic N) is 3. The molecule has 10 nitrogen and oxygen atoms in total. The number of thioether (sulfide) groups is 1. The minimum Gasteiger partial charge on any atom is -0.456 e. The van der Waals surface area contributed by atoms with Crippen LogP contribution in [0.15, 0.2) is 47.1 Å². The Bertz CT molecular complexity index is 1080. The molecule has 4 atom stereocenters. The van der Waals surface area contributed by atoms with E-state index in [0.29, 0.717) is 17.7 Å². The van der Waals surface area contributed by atoms with Crippen molar-refractivity contribution in [3.63, 3.8) is 0 Å². The van der Waals surface area contributed by atoms with E-state index in [1.165, 1.54) is 40.9 Å². The molecular weight excluding hydrogens is 448 g/mol. The number of carbonyl (C=O) groups is 2. The molecule has 2 aromatic rings. The maximum Gasteiger partial charge on any atom is 0.356 e. The van der Waals surface area contributed by atoms with Gasteiger partial charge in [0.05, 0.1) is 23.0 Å². The number of nitrogens with one attached hydrogen (secondary N) is 1. The number of aromatic nitrogens is 2. The molecule has 1 amide bonds. The highest BCUT2D eigenvalue weighted by atomic mass is 32.2. The van der Waals surface area contributed by atoms with Crippen molar-refractivity contribution in [1.29, 1.82) is 0 Å². The number of aryl methyl sites for hydroxylation is 1. The van der Waals surface area contributed by atoms with Crippen molar-refractivity contribution in [3.8, 4) is 0 Å². The molecule has 1 aromatic heterocycles. The van der Waals surface area contributed by atoms with E-state index in [2.05, 4.69) is 10.2 Å². The fourth-order valence-electron chi connectivity index (χ4n) is 4.33. The molecule has 0 spiro atoms. The number of aliphatic hydroxyl groups excluding tert-OH is 1. The number of non-ortho nitro benzene ring substituents is 1. The van der Waals surface area contributed by atoms with Gasteiger partial charge >= 0.3 is 5.97 Å². The molecule has 33 heavy (non-hydrogen) atoms. The Hall–Kier alpha value is -3.18. The predicted octanol–water partition coefficient (Wildman–Crippen LogP) is 2.41. The summed E-state index contributed by atoms with van der Waals surface area (Å²) >= 11 is 1.50. The fraction of sp³-hybridized carbons (Fsp3) is 0.409. The van der Waals surface area contributed by atoms with Crippen molar-refractivity contribution in [2.75, 3.05) is 5.75 Å². The van der Waals surface area contributed by atoms with Gasteiger partial charge in [0, 0.05) is 40.6 Å². The van der Waals surface area contributed by atoms with Gasteiger partial charge < -0.3 is 14.7 Å². The smallest absolute Gasteiger partial charge is 0.356 e. The monoisotopic (exact) mass is 472 g/mol. The number of amides is 1. The fourth-order valence-corrected chi connectivity index (χ4v) is 5.59. The number of H-pyrrole nitrogens is 1. The average molecular weight is 473 g/mol. The molecule has 0 unspecified atom stereocenters. The molecule has 0 aliphatic carbocycles. The van der Waals surface area contributed by atoms with E-state index >= 15 is 0 Å². The molecule has 4 rings (SSSR count). The van der Waals surface area contributed by atoms with E-state index in [9.17, 15) is 24.8 Å². The third kappa shape index (κ3) is 4.38. The highest BCUT2D eigenvalue weighted by Gasteiger charge is 2.60. The van der Waals surface area contributed by atoms with Crippen LogP contribution < -0.4 is 0 Å². The molecule has 0 saturated carbocycles. The molecule has 174 valence electrons. The Labute approximate surface area is 194 Å². The first-order valence-corrected chi connectivity index (χ1v) is 11.5. The van der Waals surface area contributed by atoms with E-state index in [-0.39, 0.29) is 35.9 Å². The lowest BCUT2D eigenvalue weighted by Gasteiger charge is -2.46. The number of aliphatic hydroxyl groups is 1. The number of esters is 1. The summed E-state index contributed by atoms with van der Waals surface area (Å²) in [6.45, 7) is 3.46. The topological polar surface area (TPSA) is 139 Å². The van der Waals surface area contributed by atoms with Crippen LogP contribution in [0.3, 0.4) is 0 Å². The summed E-state index contributed by atoms with van der Waals surface area (Å²) in [5.74, 6) is -0.897. The van der Waals surface area contributed by atoms with Gasteiger partial charge in [0.15, 0.2) is 0 Å². The average Bonchev–Trinajstić information content (AvgIpc) is 3.37. The molecule has 2 aliphatic rings. The number of benzene rings is 1. The van der Waals surface area contributed by atoms with Crippen LogP contribution in [0.5, 0.6) is 0 Å². The zero-order valence-electron chi connectivity index (χ0n) is 18.1. The number of carbonyl (C=O) groups excluding carboxylic acids is 2. The number of nitro groups is 1. The number of ether oxygens (including phenoxy) is 1. The van der Waals surface area contributed by atoms with Gasteiger partial charge in [0.1, 0.15) is 12.3 Å². The molecule has 1 fully saturated rings. The van der Waals surface area contributed by atoms with Gasteiger partial charge in [0.25, 0.3) is 5.69 Å². The van der Waals surface area contributed by atoms with Crippen molar-refractivity contribution >= 4 is 29.3 Å². The minimum absolute atomic E-state index is 0.0495. The second kappa shape index (κ2) is 9.36. The van der Waals surface area contributed by atoms with Gasteiger partial charge in [-0.25, -0.2) is 4.79 Å². The Kier molecular flexibility index (Phi) is 6.52. The Morgan fingerprint density at radius 3 is 2.70 bits per heavy atom. The van der Waals surface area contributed by atoms with Crippen molar-refractivity contribution in [3.05, 3.63) is 68.5 Å². The van der Waals surface area contributed by atoms with Gasteiger partial charge in [-0.05, 0) is 37.1 Å². The maximum absolute atomic E-state index is 13.1. The molecule has 2 N–H and O–H groups in total. The normalized spacial score (nSPS) is 22.7. The summed E-state index contributed by atoms with van der Waals surface area (Å²) in [4.78, 5) is 38.4. The van der Waals surface area contributed by atoms with Crippen LogP contribution in [-0.4, -0.2) is 54.9 Å². The van der Waals surface area contributed by atoms with Crippen LogP contribution in [0.25, 0.3) is 0 Å². The highest BCUT2D eigenvalue weighted by molar-refractivity contribution is 8.03. The highest BCUT2D eigenvalue weighted by Crippen LogP contribution is 2.50. The SMILES string of the molecule is C[C@@H](O)[C@H]1C(=O)N2C(C(=O)OCc3ccc([N+](=O)[O-])cc3)=C(SCCc3ccn[nH]3)[C@H](C)[C@H]12. The molecule has 2 aliphatic heterocycles. The van der Waals surface area contributed by atoms with Crippen LogP contribution in [0.2, 0.25) is 0 Å². The number of nitro benzene ring substituents is 1. The Balaban J connectivity index is 1.51. The quantitative estimate of drug-likeness (QED) is 0.246. The van der Waals surface area contributed by atoms with E-state index in [4.69, 9.17) is 4.74 Å². The first kappa shape index (κ1) is 23.0. The van der Waals surface area contributed by atoms with Gasteiger partial charge in [-0.15, -0.1) is 11.8 Å². The number of hydrogen-bond donors (Lipinski definition) is 2. The third-order valence-electron chi connectivity index (χ3n) is 6.01. The van der Waals surface area contributed by atoms with Gasteiger partial charge in [-0.2, -0.15) is 5.10 Å². The molecular formula is C22H24N4O6S. The van der Waals surface area contributed by atoms with Crippen LogP contribution in [0.1, 0.15) is 25.1 Å². The number of hydrogen-bond acceptors (Lipinski definition) is 8. The van der Waals surface area contributed by atoms with Gasteiger partial charge in [-0.3, -0.25) is 20.0 Å². The predicted molar refractivity (Wildman–Crippen MR) is 120 cm³/mol. The first-order valence-electron chi connectivity index (χ1n) is 10.6. The molecule has 1 aromatic carbocycles. The van der Waals surface area contributed by atoms with E-state index in [0.717, 1.165) is 10.6 Å². The van der Waals surface area contributed by atoms with Gasteiger partial charge in [0.2, 0.25) is 5.91 Å². The second-order valence-electron chi connectivity index (χ2n) is 8.15. The van der Waals surface area contributed by atoms with Crippen molar-refractivity contribution in [2.45, 2.75) is 39.0 Å².